The number of fused-ring (bicyclic) bond motifs is 1. The standard InChI is InChI=1S/C18H17BrN6O4S2/c1-8-3-4-9(5-11(8)19)14(26)20-12-15(27)25-13(17(28)29)10(6-30-16(12)25)7-31-18-21-22-23-24(18)2/h3-5,12,16H,6-7H2,1-2H3,(H,20,26)(H,28,29)/t12-,16-/m1/s1. The summed E-state index contributed by atoms with van der Waals surface area (Å²) in [6, 6.07) is 4.41. The lowest BCUT2D eigenvalue weighted by atomic mass is 10.0. The van der Waals surface area contributed by atoms with Crippen molar-refractivity contribution < 1.29 is 19.5 Å². The van der Waals surface area contributed by atoms with Gasteiger partial charge in [0.05, 0.1) is 0 Å². The Morgan fingerprint density at radius 1 is 1.42 bits per heavy atom. The number of tetrazole rings is 1. The summed E-state index contributed by atoms with van der Waals surface area (Å²) < 4.78 is 2.29. The normalized spacial score (nSPS) is 20.4. The van der Waals surface area contributed by atoms with Crippen LogP contribution in [0.1, 0.15) is 15.9 Å². The number of carboxylic acids is 1. The van der Waals surface area contributed by atoms with E-state index in [2.05, 4.69) is 36.8 Å². The number of benzene rings is 1. The number of carboxylic acid groups (broad SMARTS) is 1. The van der Waals surface area contributed by atoms with Crippen molar-refractivity contribution in [2.24, 2.45) is 7.05 Å². The highest BCUT2D eigenvalue weighted by molar-refractivity contribution is 9.10. The van der Waals surface area contributed by atoms with E-state index in [0.29, 0.717) is 27.8 Å². The van der Waals surface area contributed by atoms with Gasteiger partial charge in [-0.05, 0) is 40.6 Å². The maximum absolute atomic E-state index is 12.8. The van der Waals surface area contributed by atoms with E-state index >= 15 is 0 Å². The van der Waals surface area contributed by atoms with E-state index in [1.807, 2.05) is 13.0 Å². The molecule has 0 radical (unpaired) electrons. The van der Waals surface area contributed by atoms with Gasteiger partial charge in [0.1, 0.15) is 17.1 Å². The molecule has 0 saturated carbocycles. The molecule has 2 N–H and O–H groups in total. The minimum absolute atomic E-state index is 0.0278. The number of carbonyl (C=O) groups is 3. The molecular formula is C18H17BrN6O4S2. The number of hydrogen-bond acceptors (Lipinski definition) is 8. The third-order valence-corrected chi connectivity index (χ3v) is 8.22. The Kier molecular flexibility index (Phi) is 6.08. The van der Waals surface area contributed by atoms with Gasteiger partial charge in [0.15, 0.2) is 0 Å². The molecule has 0 unspecified atom stereocenters. The number of carbonyl (C=O) groups excluding carboxylic acids is 2. The number of aryl methyl sites for hydroxylation is 2. The predicted octanol–water partition coefficient (Wildman–Crippen LogP) is 1.43. The topological polar surface area (TPSA) is 130 Å². The summed E-state index contributed by atoms with van der Waals surface area (Å²) in [5.74, 6) is -1.21. The highest BCUT2D eigenvalue weighted by Crippen LogP contribution is 2.41. The molecular weight excluding hydrogens is 508 g/mol. The maximum Gasteiger partial charge on any atom is 0.352 e. The van der Waals surface area contributed by atoms with Crippen LogP contribution < -0.4 is 5.32 Å². The number of halogens is 1. The van der Waals surface area contributed by atoms with Crippen LogP contribution in [0, 0.1) is 6.92 Å². The van der Waals surface area contributed by atoms with E-state index in [4.69, 9.17) is 0 Å². The molecule has 31 heavy (non-hydrogen) atoms. The molecule has 2 amide bonds. The number of aromatic nitrogens is 4. The van der Waals surface area contributed by atoms with Gasteiger partial charge >= 0.3 is 5.97 Å². The first-order valence-corrected chi connectivity index (χ1v) is 11.9. The lowest BCUT2D eigenvalue weighted by molar-refractivity contribution is -0.148. The van der Waals surface area contributed by atoms with Crippen LogP contribution >= 0.6 is 39.5 Å². The van der Waals surface area contributed by atoms with Crippen LogP contribution in [0.3, 0.4) is 0 Å². The molecule has 3 heterocycles. The molecule has 13 heteroatoms. The zero-order chi connectivity index (χ0) is 22.3. The summed E-state index contributed by atoms with van der Waals surface area (Å²) >= 11 is 6.12. The van der Waals surface area contributed by atoms with Crippen LogP contribution in [0.15, 0.2) is 39.1 Å². The average Bonchev–Trinajstić information content (AvgIpc) is 3.15. The van der Waals surface area contributed by atoms with Gasteiger partial charge in [-0.15, -0.1) is 16.9 Å². The molecule has 10 nitrogen and oxygen atoms in total. The molecule has 1 saturated heterocycles. The highest BCUT2D eigenvalue weighted by Gasteiger charge is 2.54. The second-order valence-corrected chi connectivity index (χ2v) is 9.86. The minimum Gasteiger partial charge on any atom is -0.477 e. The van der Waals surface area contributed by atoms with Crippen LogP contribution in [0.4, 0.5) is 0 Å². The smallest absolute Gasteiger partial charge is 0.352 e. The number of hydrogen-bond donors (Lipinski definition) is 2. The second kappa shape index (κ2) is 8.63. The summed E-state index contributed by atoms with van der Waals surface area (Å²) in [5, 5.41) is 23.8. The van der Waals surface area contributed by atoms with Gasteiger partial charge in [-0.25, -0.2) is 9.48 Å². The van der Waals surface area contributed by atoms with Crippen LogP contribution in [-0.2, 0) is 16.6 Å². The molecule has 0 aliphatic carbocycles. The lowest BCUT2D eigenvalue weighted by Gasteiger charge is -2.49. The van der Waals surface area contributed by atoms with Crippen LogP contribution in [0.5, 0.6) is 0 Å². The van der Waals surface area contributed by atoms with Gasteiger partial charge in [-0.3, -0.25) is 14.5 Å². The number of β-lactam (4-membered cyclic amide) rings is 1. The first-order valence-electron chi connectivity index (χ1n) is 9.10. The van der Waals surface area contributed by atoms with E-state index < -0.39 is 23.3 Å². The SMILES string of the molecule is Cc1ccc(C(=O)N[C@@H]2C(=O)N3C(C(=O)O)=C(CSc4nnnn4C)CS[C@H]23)cc1Br. The van der Waals surface area contributed by atoms with Crippen molar-refractivity contribution in [1.82, 2.24) is 30.4 Å². The average molecular weight is 525 g/mol. The van der Waals surface area contributed by atoms with Gasteiger partial charge < -0.3 is 10.4 Å². The van der Waals surface area contributed by atoms with Crippen LogP contribution in [0.25, 0.3) is 0 Å². The van der Waals surface area contributed by atoms with Crippen molar-refractivity contribution in [2.45, 2.75) is 23.5 Å². The van der Waals surface area contributed by atoms with Crippen molar-refractivity contribution in [3.8, 4) is 0 Å². The zero-order valence-electron chi connectivity index (χ0n) is 16.4. The van der Waals surface area contributed by atoms with Crippen LogP contribution in [-0.4, -0.2) is 70.9 Å². The Bertz CT molecular complexity index is 1120. The number of thioether (sulfide) groups is 2. The largest absolute Gasteiger partial charge is 0.477 e. The fraction of sp³-hybridized carbons (Fsp3) is 0.333. The molecule has 1 aromatic carbocycles. The Morgan fingerprint density at radius 3 is 2.84 bits per heavy atom. The van der Waals surface area contributed by atoms with Crippen LogP contribution in [0.2, 0.25) is 0 Å². The quantitative estimate of drug-likeness (QED) is 0.425. The van der Waals surface area contributed by atoms with Crippen molar-refractivity contribution in [2.75, 3.05) is 11.5 Å². The van der Waals surface area contributed by atoms with Gasteiger partial charge in [0.25, 0.3) is 11.8 Å². The first-order chi connectivity index (χ1) is 14.8. The Hall–Kier alpha value is -2.38. The first kappa shape index (κ1) is 21.8. The van der Waals surface area contributed by atoms with E-state index in [0.717, 1.165) is 10.0 Å². The summed E-state index contributed by atoms with van der Waals surface area (Å²) in [7, 11) is 1.69. The highest BCUT2D eigenvalue weighted by atomic mass is 79.9. The maximum atomic E-state index is 12.8. The Morgan fingerprint density at radius 2 is 2.19 bits per heavy atom. The minimum atomic E-state index is -1.17. The number of aliphatic carboxylic acids is 1. The second-order valence-electron chi connectivity index (χ2n) is 6.96. The fourth-order valence-corrected chi connectivity index (χ4v) is 5.96. The van der Waals surface area contributed by atoms with Gasteiger partial charge in [0.2, 0.25) is 5.16 Å². The monoisotopic (exact) mass is 524 g/mol. The molecule has 0 bridgehead atoms. The number of nitrogens with zero attached hydrogens (tertiary/aromatic N) is 5. The van der Waals surface area contributed by atoms with E-state index in [-0.39, 0.29) is 11.6 Å². The third-order valence-electron chi connectivity index (χ3n) is 4.93. The van der Waals surface area contributed by atoms with E-state index in [1.165, 1.54) is 33.1 Å². The zero-order valence-corrected chi connectivity index (χ0v) is 19.6. The molecule has 4 rings (SSSR count). The third kappa shape index (κ3) is 4.08. The van der Waals surface area contributed by atoms with Gasteiger partial charge in [-0.2, -0.15) is 0 Å². The number of nitrogens with one attached hydrogen (secondary N) is 1. The van der Waals surface area contributed by atoms with Gasteiger partial charge in [0, 0.05) is 28.6 Å². The summed E-state index contributed by atoms with van der Waals surface area (Å²) in [4.78, 5) is 38.6. The summed E-state index contributed by atoms with van der Waals surface area (Å²) in [6.45, 7) is 1.91. The molecule has 1 aromatic heterocycles. The molecule has 2 aromatic rings. The van der Waals surface area contributed by atoms with E-state index in [1.54, 1.807) is 19.2 Å². The summed E-state index contributed by atoms with van der Waals surface area (Å²) in [5.41, 5.74) is 2.00. The number of rotatable bonds is 6. The van der Waals surface area contributed by atoms with Crippen molar-refractivity contribution in [1.29, 1.82) is 0 Å². The summed E-state index contributed by atoms with van der Waals surface area (Å²) in [6.07, 6.45) is 0. The molecule has 2 aliphatic heterocycles. The Balaban J connectivity index is 1.49. The molecule has 2 aliphatic rings. The van der Waals surface area contributed by atoms with Crippen molar-refractivity contribution in [3.05, 3.63) is 45.1 Å². The predicted molar refractivity (Wildman–Crippen MR) is 117 cm³/mol. The molecule has 1 fully saturated rings. The number of amides is 2. The fourth-order valence-electron chi connectivity index (χ4n) is 3.25. The van der Waals surface area contributed by atoms with E-state index in [9.17, 15) is 19.5 Å². The van der Waals surface area contributed by atoms with Gasteiger partial charge in [-0.1, -0.05) is 33.8 Å². The Labute approximate surface area is 193 Å². The molecule has 0 spiro atoms. The van der Waals surface area contributed by atoms with Crippen molar-refractivity contribution in [3.63, 3.8) is 0 Å². The van der Waals surface area contributed by atoms with Crippen molar-refractivity contribution >= 4 is 57.2 Å². The lowest BCUT2D eigenvalue weighted by Crippen LogP contribution is -2.70. The molecule has 162 valence electrons. The molecule has 2 atom stereocenters.